The van der Waals surface area contributed by atoms with E-state index >= 15 is 0 Å². The Kier molecular flexibility index (Phi) is 6.36. The summed E-state index contributed by atoms with van der Waals surface area (Å²) < 4.78 is 5.36. The van der Waals surface area contributed by atoms with Crippen LogP contribution in [0, 0.1) is 0 Å². The first-order valence-corrected chi connectivity index (χ1v) is 11.6. The molecule has 4 aromatic rings. The van der Waals surface area contributed by atoms with E-state index in [4.69, 9.17) is 4.74 Å². The Balaban J connectivity index is 1.45. The molecule has 0 aliphatic carbocycles. The number of nitrogens with zero attached hydrogens (tertiary/aromatic N) is 2. The first-order chi connectivity index (χ1) is 17.6. The molecule has 0 fully saturated rings. The van der Waals surface area contributed by atoms with Crippen LogP contribution in [0.3, 0.4) is 0 Å². The van der Waals surface area contributed by atoms with Crippen molar-refractivity contribution in [1.82, 2.24) is 14.9 Å². The minimum Gasteiger partial charge on any atom is -0.503 e. The highest BCUT2D eigenvalue weighted by Crippen LogP contribution is 2.37. The van der Waals surface area contributed by atoms with Crippen LogP contribution in [0.2, 0.25) is 0 Å². The Morgan fingerprint density at radius 3 is 2.69 bits per heavy atom. The number of aromatic amines is 1. The van der Waals surface area contributed by atoms with Crippen molar-refractivity contribution in [2.24, 2.45) is 0 Å². The topological polar surface area (TPSA) is 95.5 Å². The summed E-state index contributed by atoms with van der Waals surface area (Å²) in [6.45, 7) is 0.285. The van der Waals surface area contributed by atoms with Crippen LogP contribution in [0.4, 0.5) is 0 Å². The van der Waals surface area contributed by atoms with Gasteiger partial charge in [-0.25, -0.2) is 0 Å². The summed E-state index contributed by atoms with van der Waals surface area (Å²) in [4.78, 5) is 35.6. The van der Waals surface area contributed by atoms with Crippen LogP contribution in [0.5, 0.6) is 5.75 Å². The number of nitrogens with one attached hydrogen (secondary N) is 1. The van der Waals surface area contributed by atoms with Crippen molar-refractivity contribution in [3.8, 4) is 5.75 Å². The zero-order valence-electron chi connectivity index (χ0n) is 19.7. The molecule has 180 valence electrons. The fourth-order valence-electron chi connectivity index (χ4n) is 4.54. The van der Waals surface area contributed by atoms with Crippen LogP contribution in [-0.4, -0.2) is 45.3 Å². The summed E-state index contributed by atoms with van der Waals surface area (Å²) in [5.74, 6) is -0.808. The number of pyridine rings is 1. The van der Waals surface area contributed by atoms with Gasteiger partial charge in [-0.15, -0.1) is 0 Å². The number of hydrogen-bond acceptors (Lipinski definition) is 5. The van der Waals surface area contributed by atoms with E-state index < -0.39 is 23.5 Å². The lowest BCUT2D eigenvalue weighted by atomic mass is 9.98. The van der Waals surface area contributed by atoms with Gasteiger partial charge in [-0.2, -0.15) is 0 Å². The van der Waals surface area contributed by atoms with Crippen molar-refractivity contribution in [3.05, 3.63) is 113 Å². The van der Waals surface area contributed by atoms with Gasteiger partial charge in [0.15, 0.2) is 11.5 Å². The van der Waals surface area contributed by atoms with Crippen molar-refractivity contribution in [2.45, 2.75) is 12.5 Å². The molecule has 1 amide bonds. The molecule has 1 aliphatic rings. The fraction of sp³-hybridized carbons (Fsp3) is 0.138. The molecule has 0 saturated carbocycles. The van der Waals surface area contributed by atoms with Gasteiger partial charge in [-0.05, 0) is 54.0 Å². The van der Waals surface area contributed by atoms with Crippen LogP contribution in [0.25, 0.3) is 17.0 Å². The minimum absolute atomic E-state index is 0.0338. The average Bonchev–Trinajstić information content (AvgIpc) is 3.44. The van der Waals surface area contributed by atoms with E-state index in [9.17, 15) is 14.7 Å². The molecule has 5 rings (SSSR count). The first-order valence-electron chi connectivity index (χ1n) is 11.6. The van der Waals surface area contributed by atoms with E-state index in [1.165, 1.54) is 11.0 Å². The molecular weight excluding hydrogens is 454 g/mol. The number of aromatic nitrogens is 2. The van der Waals surface area contributed by atoms with Crippen LogP contribution in [0.1, 0.15) is 22.9 Å². The van der Waals surface area contributed by atoms with E-state index in [2.05, 4.69) is 9.97 Å². The molecule has 0 spiro atoms. The number of aliphatic hydroxyl groups excluding tert-OH is 1. The second-order valence-corrected chi connectivity index (χ2v) is 8.50. The third kappa shape index (κ3) is 4.38. The largest absolute Gasteiger partial charge is 0.503 e. The number of allylic oxidation sites excluding steroid dienone is 1. The van der Waals surface area contributed by atoms with Crippen LogP contribution in [0.15, 0.2) is 96.5 Å². The molecule has 3 heterocycles. The molecule has 2 aromatic heterocycles. The van der Waals surface area contributed by atoms with Crippen LogP contribution in [-0.2, 0) is 16.0 Å². The quantitative estimate of drug-likeness (QED) is 0.354. The number of carbonyl (C=O) groups excluding carboxylic acids is 2. The second kappa shape index (κ2) is 9.92. The lowest BCUT2D eigenvalue weighted by molar-refractivity contribution is -0.129. The van der Waals surface area contributed by atoms with Gasteiger partial charge in [0.2, 0.25) is 0 Å². The van der Waals surface area contributed by atoms with Gasteiger partial charge in [-0.3, -0.25) is 14.6 Å². The summed E-state index contributed by atoms with van der Waals surface area (Å²) in [6, 6.07) is 19.7. The Morgan fingerprint density at radius 1 is 1.14 bits per heavy atom. The summed E-state index contributed by atoms with van der Waals surface area (Å²) in [5, 5.41) is 11.8. The Hall–Kier alpha value is -4.65. The third-order valence-corrected chi connectivity index (χ3v) is 6.36. The molecule has 36 heavy (non-hydrogen) atoms. The van der Waals surface area contributed by atoms with Gasteiger partial charge in [0.1, 0.15) is 11.8 Å². The molecular formula is C29H25N3O4. The molecule has 0 bridgehead atoms. The zero-order chi connectivity index (χ0) is 25.1. The summed E-state index contributed by atoms with van der Waals surface area (Å²) >= 11 is 0. The van der Waals surface area contributed by atoms with Gasteiger partial charge in [0.25, 0.3) is 5.91 Å². The predicted molar refractivity (Wildman–Crippen MR) is 137 cm³/mol. The number of aliphatic hydroxyl groups is 1. The molecule has 1 aliphatic heterocycles. The number of carbonyl (C=O) groups is 2. The van der Waals surface area contributed by atoms with E-state index in [1.807, 2.05) is 54.7 Å². The smallest absolute Gasteiger partial charge is 0.290 e. The van der Waals surface area contributed by atoms with Crippen molar-refractivity contribution in [3.63, 3.8) is 0 Å². The lowest BCUT2D eigenvalue weighted by Crippen LogP contribution is -2.33. The van der Waals surface area contributed by atoms with Crippen molar-refractivity contribution >= 4 is 28.7 Å². The Morgan fingerprint density at radius 2 is 1.94 bits per heavy atom. The summed E-state index contributed by atoms with van der Waals surface area (Å²) in [5.41, 5.74) is 3.36. The number of ether oxygens (including phenoxy) is 1. The minimum atomic E-state index is -0.786. The van der Waals surface area contributed by atoms with Gasteiger partial charge in [-0.1, -0.05) is 42.5 Å². The molecule has 0 unspecified atom stereocenters. The number of fused-ring (bicyclic) bond motifs is 1. The highest BCUT2D eigenvalue weighted by molar-refractivity contribution is 6.14. The van der Waals surface area contributed by atoms with E-state index in [0.717, 1.165) is 27.8 Å². The molecule has 7 nitrogen and oxygen atoms in total. The molecule has 0 radical (unpaired) electrons. The maximum Gasteiger partial charge on any atom is 0.290 e. The molecule has 2 aromatic carbocycles. The number of rotatable bonds is 8. The molecule has 7 heteroatoms. The number of methoxy groups -OCH3 is 1. The number of hydrogen-bond donors (Lipinski definition) is 2. The Labute approximate surface area is 208 Å². The maximum absolute atomic E-state index is 13.3. The van der Waals surface area contributed by atoms with Crippen molar-refractivity contribution < 1.29 is 19.4 Å². The standard InChI is InChI=1S/C29H25N3O4/c1-36-21-11-12-23-22(17-21)20(18-31-23)14-16-32-27(24-9-5-6-15-30-24)26(28(34)29(32)35)25(33)13-10-19-7-3-2-4-8-19/h2-13,15,17-18,27,31,34H,14,16H2,1H3/b13-10+/t27-/m1/s1. The van der Waals surface area contributed by atoms with Gasteiger partial charge in [0, 0.05) is 29.8 Å². The molecule has 2 N–H and O–H groups in total. The number of benzene rings is 2. The van der Waals surface area contributed by atoms with Gasteiger partial charge >= 0.3 is 0 Å². The highest BCUT2D eigenvalue weighted by Gasteiger charge is 2.43. The van der Waals surface area contributed by atoms with Crippen molar-refractivity contribution in [1.29, 1.82) is 0 Å². The third-order valence-electron chi connectivity index (χ3n) is 6.36. The number of H-pyrrole nitrogens is 1. The zero-order valence-corrected chi connectivity index (χ0v) is 19.7. The summed E-state index contributed by atoms with van der Waals surface area (Å²) in [7, 11) is 1.62. The van der Waals surface area contributed by atoms with Crippen molar-refractivity contribution in [2.75, 3.05) is 13.7 Å². The maximum atomic E-state index is 13.3. The first kappa shape index (κ1) is 23.1. The van der Waals surface area contributed by atoms with E-state index in [-0.39, 0.29) is 12.1 Å². The lowest BCUT2D eigenvalue weighted by Gasteiger charge is -2.25. The van der Waals surface area contributed by atoms with Gasteiger partial charge < -0.3 is 19.7 Å². The van der Waals surface area contributed by atoms with Crippen LogP contribution >= 0.6 is 0 Å². The SMILES string of the molecule is COc1ccc2[nH]cc(CCN3C(=O)C(O)=C(C(=O)/C=C/c4ccccc4)[C@H]3c3ccccn3)c2c1. The van der Waals surface area contributed by atoms with Gasteiger partial charge in [0.05, 0.1) is 18.4 Å². The van der Waals surface area contributed by atoms with E-state index in [1.54, 1.807) is 37.6 Å². The predicted octanol–water partition coefficient (Wildman–Crippen LogP) is 4.79. The van der Waals surface area contributed by atoms with Crippen LogP contribution < -0.4 is 4.74 Å². The molecule has 1 atom stereocenters. The normalized spacial score (nSPS) is 15.9. The summed E-state index contributed by atoms with van der Waals surface area (Å²) in [6.07, 6.45) is 7.09. The number of amides is 1. The second-order valence-electron chi connectivity index (χ2n) is 8.50. The Bertz CT molecular complexity index is 1470. The monoisotopic (exact) mass is 479 g/mol. The molecule has 0 saturated heterocycles. The number of ketones is 1. The van der Waals surface area contributed by atoms with E-state index in [0.29, 0.717) is 12.1 Å². The average molecular weight is 480 g/mol. The fourth-order valence-corrected chi connectivity index (χ4v) is 4.54. The highest BCUT2D eigenvalue weighted by atomic mass is 16.5.